The maximum atomic E-state index is 15.3. The van der Waals surface area contributed by atoms with E-state index in [9.17, 15) is 18.8 Å². The van der Waals surface area contributed by atoms with E-state index >= 15 is 4.39 Å². The summed E-state index contributed by atoms with van der Waals surface area (Å²) in [5.74, 6) is -1.37. The molecule has 0 saturated carbocycles. The lowest BCUT2D eigenvalue weighted by Crippen LogP contribution is -2.36. The molecule has 0 unspecified atom stereocenters. The fourth-order valence-corrected chi connectivity index (χ4v) is 4.72. The van der Waals surface area contributed by atoms with Crippen LogP contribution in [0.15, 0.2) is 73.3 Å². The minimum Gasteiger partial charge on any atom is -0.618 e. The van der Waals surface area contributed by atoms with Gasteiger partial charge in [-0.2, -0.15) is 18.6 Å². The van der Waals surface area contributed by atoms with Gasteiger partial charge in [0.15, 0.2) is 17.2 Å². The Hall–Kier alpha value is -4.46. The topological polar surface area (TPSA) is 128 Å². The Labute approximate surface area is 246 Å². The molecule has 5 aromatic rings. The number of halogens is 5. The van der Waals surface area contributed by atoms with Crippen molar-refractivity contribution in [2.24, 2.45) is 5.73 Å². The fraction of sp³-hybridized carbons (Fsp3) is 0.148. The van der Waals surface area contributed by atoms with Crippen LogP contribution in [0.2, 0.25) is 10.2 Å². The van der Waals surface area contributed by atoms with E-state index in [1.807, 2.05) is 0 Å². The SMILES string of the molecule is NC(=O)c1ccc(-c2cnn([C@H](CCOC(F)F)c3ccc(-c4c(-n5cc(Cl)nn5)ccc(Cl)c4F)c[n+]3[O-])c2)cc1. The monoisotopic (exact) mass is 617 g/mol. The van der Waals surface area contributed by atoms with Crippen LogP contribution in [0.25, 0.3) is 27.9 Å². The molecule has 2 N–H and O–H groups in total. The average Bonchev–Trinajstić information content (AvgIpc) is 3.62. The van der Waals surface area contributed by atoms with Gasteiger partial charge in [0.25, 0.3) is 0 Å². The van der Waals surface area contributed by atoms with Crippen LogP contribution < -0.4 is 10.5 Å². The van der Waals surface area contributed by atoms with Gasteiger partial charge in [0.1, 0.15) is 6.04 Å². The van der Waals surface area contributed by atoms with E-state index < -0.39 is 24.4 Å². The van der Waals surface area contributed by atoms with E-state index in [-0.39, 0.29) is 45.7 Å². The number of hydrogen-bond donors (Lipinski definition) is 1. The predicted molar refractivity (Wildman–Crippen MR) is 147 cm³/mol. The Morgan fingerprint density at radius 2 is 1.79 bits per heavy atom. The first-order valence-corrected chi connectivity index (χ1v) is 13.0. The summed E-state index contributed by atoms with van der Waals surface area (Å²) in [4.78, 5) is 11.4. The van der Waals surface area contributed by atoms with Crippen LogP contribution in [-0.2, 0) is 4.74 Å². The molecule has 10 nitrogen and oxygen atoms in total. The summed E-state index contributed by atoms with van der Waals surface area (Å²) >= 11 is 11.9. The standard InChI is InChI=1S/C27H20Cl2F3N7O3/c28-19-6-8-22(38-14-23(29)35-36-38)24(25(19)30)17-5-7-21(39(41)13-17)20(9-10-42-27(31)32)37-12-18(11-34-37)15-1-3-16(4-2-15)26(33)40/h1-8,11-14,20,27H,9-10H2,(H2,33,40)/t20-/m1/s1. The maximum Gasteiger partial charge on any atom is 0.345 e. The number of pyridine rings is 1. The van der Waals surface area contributed by atoms with Gasteiger partial charge >= 0.3 is 6.61 Å². The second kappa shape index (κ2) is 12.2. The van der Waals surface area contributed by atoms with Gasteiger partial charge < -0.3 is 15.7 Å². The number of aromatic nitrogens is 6. The number of primary amides is 1. The molecule has 3 aromatic heterocycles. The van der Waals surface area contributed by atoms with Crippen LogP contribution in [0, 0.1) is 11.0 Å². The zero-order valence-corrected chi connectivity index (χ0v) is 22.9. The van der Waals surface area contributed by atoms with Gasteiger partial charge in [0.2, 0.25) is 11.6 Å². The lowest BCUT2D eigenvalue weighted by atomic mass is 10.0. The number of carbonyl (C=O) groups excluding carboxylic acids is 1. The quantitative estimate of drug-likeness (QED) is 0.170. The summed E-state index contributed by atoms with van der Waals surface area (Å²) in [6.07, 6.45) is 5.62. The Morgan fingerprint density at radius 3 is 2.43 bits per heavy atom. The largest absolute Gasteiger partial charge is 0.618 e. The molecule has 2 aromatic carbocycles. The first-order valence-electron chi connectivity index (χ1n) is 12.3. The van der Waals surface area contributed by atoms with E-state index in [1.165, 1.54) is 46.0 Å². The molecule has 3 heterocycles. The molecule has 0 aliphatic carbocycles. The molecule has 42 heavy (non-hydrogen) atoms. The second-order valence-electron chi connectivity index (χ2n) is 9.00. The molecule has 1 amide bonds. The third-order valence-electron chi connectivity index (χ3n) is 6.42. The van der Waals surface area contributed by atoms with Crippen LogP contribution in [0.1, 0.15) is 28.5 Å². The number of alkyl halides is 2. The smallest absolute Gasteiger partial charge is 0.345 e. The number of carbonyl (C=O) groups is 1. The van der Waals surface area contributed by atoms with E-state index in [0.717, 1.165) is 6.20 Å². The highest BCUT2D eigenvalue weighted by Crippen LogP contribution is 2.34. The zero-order valence-electron chi connectivity index (χ0n) is 21.4. The maximum absolute atomic E-state index is 15.3. The molecule has 5 rings (SSSR count). The van der Waals surface area contributed by atoms with E-state index in [0.29, 0.717) is 21.4 Å². The second-order valence-corrected chi connectivity index (χ2v) is 9.79. The third kappa shape index (κ3) is 6.08. The lowest BCUT2D eigenvalue weighted by molar-refractivity contribution is -0.615. The summed E-state index contributed by atoms with van der Waals surface area (Å²) in [5.41, 5.74) is 7.46. The van der Waals surface area contributed by atoms with Crippen molar-refractivity contribution in [3.63, 3.8) is 0 Å². The molecule has 0 radical (unpaired) electrons. The van der Waals surface area contributed by atoms with Gasteiger partial charge in [-0.25, -0.2) is 9.07 Å². The number of amides is 1. The summed E-state index contributed by atoms with van der Waals surface area (Å²) in [7, 11) is 0. The molecule has 0 spiro atoms. The fourth-order valence-electron chi connectivity index (χ4n) is 4.43. The Morgan fingerprint density at radius 1 is 1.05 bits per heavy atom. The summed E-state index contributed by atoms with van der Waals surface area (Å²) in [6, 6.07) is 11.4. The van der Waals surface area contributed by atoms with Gasteiger partial charge in [0.05, 0.1) is 40.8 Å². The van der Waals surface area contributed by atoms with Gasteiger partial charge in [-0.15, -0.1) is 5.10 Å². The molecule has 0 aliphatic rings. The number of ether oxygens (including phenoxy) is 1. The number of benzene rings is 2. The normalized spacial score (nSPS) is 12.1. The van der Waals surface area contributed by atoms with Gasteiger partial charge in [-0.1, -0.05) is 40.5 Å². The molecule has 1 atom stereocenters. The molecule has 216 valence electrons. The summed E-state index contributed by atoms with van der Waals surface area (Å²) < 4.78 is 48.5. The minimum absolute atomic E-state index is 0.0291. The summed E-state index contributed by atoms with van der Waals surface area (Å²) in [5, 5.41) is 25.2. The molecular weight excluding hydrogens is 598 g/mol. The number of nitrogens with two attached hydrogens (primary N) is 1. The number of nitrogens with zero attached hydrogens (tertiary/aromatic N) is 6. The first-order chi connectivity index (χ1) is 20.1. The highest BCUT2D eigenvalue weighted by Gasteiger charge is 2.26. The van der Waals surface area contributed by atoms with Crippen molar-refractivity contribution in [3.05, 3.63) is 106 Å². The number of hydrogen-bond acceptors (Lipinski definition) is 6. The van der Waals surface area contributed by atoms with Gasteiger partial charge in [-0.05, 0) is 35.9 Å². The van der Waals surface area contributed by atoms with Gasteiger partial charge in [0, 0.05) is 29.8 Å². The molecule has 15 heteroatoms. The first kappa shape index (κ1) is 29.0. The van der Waals surface area contributed by atoms with Crippen LogP contribution >= 0.6 is 23.2 Å². The van der Waals surface area contributed by atoms with Crippen LogP contribution in [-0.4, -0.2) is 43.9 Å². The lowest BCUT2D eigenvalue weighted by Gasteiger charge is -2.18. The van der Waals surface area contributed by atoms with Crippen molar-refractivity contribution in [3.8, 4) is 27.9 Å². The van der Waals surface area contributed by atoms with Crippen LogP contribution in [0.4, 0.5) is 13.2 Å². The molecule has 0 bridgehead atoms. The highest BCUT2D eigenvalue weighted by molar-refractivity contribution is 6.31. The van der Waals surface area contributed by atoms with Crippen molar-refractivity contribution in [2.45, 2.75) is 19.1 Å². The van der Waals surface area contributed by atoms with Crippen molar-refractivity contribution < 1.29 is 27.4 Å². The third-order valence-corrected chi connectivity index (χ3v) is 6.88. The molecule has 0 fully saturated rings. The van der Waals surface area contributed by atoms with Gasteiger partial charge in [-0.3, -0.25) is 9.48 Å². The van der Waals surface area contributed by atoms with Crippen molar-refractivity contribution in [2.75, 3.05) is 6.61 Å². The average molecular weight is 618 g/mol. The highest BCUT2D eigenvalue weighted by atomic mass is 35.5. The predicted octanol–water partition coefficient (Wildman–Crippen LogP) is 5.19. The van der Waals surface area contributed by atoms with Crippen molar-refractivity contribution in [1.82, 2.24) is 24.8 Å². The molecule has 0 aliphatic heterocycles. The van der Waals surface area contributed by atoms with Crippen LogP contribution in [0.5, 0.6) is 0 Å². The minimum atomic E-state index is -3.00. The Balaban J connectivity index is 1.53. The van der Waals surface area contributed by atoms with Crippen molar-refractivity contribution >= 4 is 29.1 Å². The molecule has 0 saturated heterocycles. The van der Waals surface area contributed by atoms with E-state index in [2.05, 4.69) is 20.1 Å². The Bertz CT molecular complexity index is 1750. The molecular formula is C27H20Cl2F3N7O3. The summed E-state index contributed by atoms with van der Waals surface area (Å²) in [6.45, 7) is -3.38. The van der Waals surface area contributed by atoms with Crippen molar-refractivity contribution in [1.29, 1.82) is 0 Å². The zero-order chi connectivity index (χ0) is 30.0. The number of rotatable bonds is 10. The van der Waals surface area contributed by atoms with E-state index in [4.69, 9.17) is 28.9 Å². The van der Waals surface area contributed by atoms with Crippen LogP contribution in [0.3, 0.4) is 0 Å². The Kier molecular flexibility index (Phi) is 8.43. The van der Waals surface area contributed by atoms with E-state index in [1.54, 1.807) is 30.5 Å².